The Morgan fingerprint density at radius 3 is 2.67 bits per heavy atom. The van der Waals surface area contributed by atoms with Crippen LogP contribution in [0.1, 0.15) is 46.0 Å². The monoisotopic (exact) mass is 251 g/mol. The third-order valence-corrected chi connectivity index (χ3v) is 3.87. The molecule has 3 nitrogen and oxygen atoms in total. The third-order valence-electron chi connectivity index (χ3n) is 3.87. The summed E-state index contributed by atoms with van der Waals surface area (Å²) in [5, 5.41) is 8.98. The number of likely N-dealkylation sites (N-methyl/N-ethyl adjacent to an activating group) is 1. The normalized spacial score (nSPS) is 21.4. The van der Waals surface area contributed by atoms with Crippen LogP contribution in [0.5, 0.6) is 0 Å². The molecular weight excluding hydrogens is 222 g/mol. The number of nitrogens with zero attached hydrogens (tertiary/aromatic N) is 3. The Bertz CT molecular complexity index is 278. The quantitative estimate of drug-likeness (QED) is 0.652. The summed E-state index contributed by atoms with van der Waals surface area (Å²) < 4.78 is 0. The maximum Gasteiger partial charge on any atom is 0.0683 e. The summed E-state index contributed by atoms with van der Waals surface area (Å²) in [5.74, 6) is 0. The zero-order valence-electron chi connectivity index (χ0n) is 12.6. The average Bonchev–Trinajstić information content (AvgIpc) is 2.71. The third kappa shape index (κ3) is 5.37. The number of hydrogen-bond acceptors (Lipinski definition) is 3. The second-order valence-corrected chi connectivity index (χ2v) is 6.55. The Balaban J connectivity index is 2.21. The lowest BCUT2D eigenvalue weighted by Crippen LogP contribution is -2.38. The fourth-order valence-corrected chi connectivity index (χ4v) is 2.76. The molecule has 1 aliphatic rings. The van der Waals surface area contributed by atoms with Crippen LogP contribution in [-0.2, 0) is 0 Å². The number of nitriles is 1. The highest BCUT2D eigenvalue weighted by Crippen LogP contribution is 2.23. The van der Waals surface area contributed by atoms with E-state index in [1.165, 1.54) is 45.3 Å². The lowest BCUT2D eigenvalue weighted by atomic mass is 9.89. The number of likely N-dealkylation sites (tertiary alicyclic amines) is 1. The topological polar surface area (TPSA) is 30.3 Å². The van der Waals surface area contributed by atoms with Crippen molar-refractivity contribution in [1.82, 2.24) is 9.80 Å². The molecule has 1 atom stereocenters. The molecule has 1 saturated heterocycles. The van der Waals surface area contributed by atoms with E-state index in [0.29, 0.717) is 0 Å². The summed E-state index contributed by atoms with van der Waals surface area (Å²) in [6.45, 7) is 7.74. The molecule has 0 bridgehead atoms. The highest BCUT2D eigenvalue weighted by molar-refractivity contribution is 4.91. The van der Waals surface area contributed by atoms with E-state index in [0.717, 1.165) is 12.5 Å². The molecule has 0 radical (unpaired) electrons. The predicted octanol–water partition coefficient (Wildman–Crippen LogP) is 2.73. The van der Waals surface area contributed by atoms with Crippen molar-refractivity contribution in [2.24, 2.45) is 5.41 Å². The minimum absolute atomic E-state index is 0.145. The highest BCUT2D eigenvalue weighted by atomic mass is 15.2. The van der Waals surface area contributed by atoms with E-state index in [-0.39, 0.29) is 5.41 Å². The molecule has 1 fully saturated rings. The van der Waals surface area contributed by atoms with Gasteiger partial charge in [0.05, 0.1) is 11.5 Å². The summed E-state index contributed by atoms with van der Waals surface area (Å²) in [6, 6.07) is 3.14. The maximum atomic E-state index is 8.98. The first-order valence-electron chi connectivity index (χ1n) is 7.24. The first-order chi connectivity index (χ1) is 8.44. The molecule has 0 aliphatic carbocycles. The van der Waals surface area contributed by atoms with Crippen molar-refractivity contribution in [2.75, 3.05) is 33.7 Å². The minimum Gasteiger partial charge on any atom is -0.308 e. The molecule has 0 amide bonds. The molecule has 18 heavy (non-hydrogen) atoms. The van der Waals surface area contributed by atoms with E-state index in [9.17, 15) is 0 Å². The Morgan fingerprint density at radius 1 is 1.33 bits per heavy atom. The molecule has 0 aromatic heterocycles. The average molecular weight is 251 g/mol. The van der Waals surface area contributed by atoms with E-state index in [4.69, 9.17) is 5.26 Å². The fraction of sp³-hybridized carbons (Fsp3) is 0.933. The molecule has 3 heteroatoms. The van der Waals surface area contributed by atoms with Crippen LogP contribution in [-0.4, -0.2) is 49.6 Å². The van der Waals surface area contributed by atoms with Gasteiger partial charge in [0, 0.05) is 12.6 Å². The number of unbranched alkanes of at least 4 members (excludes halogenated alkanes) is 1. The molecule has 0 N–H and O–H groups in total. The van der Waals surface area contributed by atoms with Gasteiger partial charge in [0.2, 0.25) is 0 Å². The molecule has 104 valence electrons. The standard InChI is InChI=1S/C15H29N3/c1-15(2,13-16)9-5-6-10-18-11-7-8-14(18)12-17(3)4/h14H,5-12H2,1-4H3. The zero-order valence-corrected chi connectivity index (χ0v) is 12.6. The fourth-order valence-electron chi connectivity index (χ4n) is 2.76. The van der Waals surface area contributed by atoms with Crippen molar-refractivity contribution in [3.8, 4) is 6.07 Å². The SMILES string of the molecule is CN(C)CC1CCCN1CCCCC(C)(C)C#N. The largest absolute Gasteiger partial charge is 0.308 e. The van der Waals surface area contributed by atoms with Gasteiger partial charge in [-0.1, -0.05) is 6.42 Å². The molecule has 1 heterocycles. The molecule has 1 rings (SSSR count). The second-order valence-electron chi connectivity index (χ2n) is 6.55. The summed E-state index contributed by atoms with van der Waals surface area (Å²) in [5.41, 5.74) is -0.145. The highest BCUT2D eigenvalue weighted by Gasteiger charge is 2.24. The van der Waals surface area contributed by atoms with Gasteiger partial charge in [-0.2, -0.15) is 5.26 Å². The van der Waals surface area contributed by atoms with Gasteiger partial charge in [0.25, 0.3) is 0 Å². The van der Waals surface area contributed by atoms with Crippen LogP contribution in [0.3, 0.4) is 0 Å². The summed E-state index contributed by atoms with van der Waals surface area (Å²) in [4.78, 5) is 4.93. The Morgan fingerprint density at radius 2 is 2.06 bits per heavy atom. The summed E-state index contributed by atoms with van der Waals surface area (Å²) >= 11 is 0. The number of rotatable bonds is 7. The smallest absolute Gasteiger partial charge is 0.0683 e. The van der Waals surface area contributed by atoms with E-state index in [1.54, 1.807) is 0 Å². The van der Waals surface area contributed by atoms with E-state index in [1.807, 2.05) is 13.8 Å². The lowest BCUT2D eigenvalue weighted by molar-refractivity contribution is 0.202. The first-order valence-corrected chi connectivity index (χ1v) is 7.24. The second kappa shape index (κ2) is 7.11. The van der Waals surface area contributed by atoms with Gasteiger partial charge < -0.3 is 4.90 Å². The molecule has 0 saturated carbocycles. The Kier molecular flexibility index (Phi) is 6.11. The molecule has 1 unspecified atom stereocenters. The van der Waals surface area contributed by atoms with Gasteiger partial charge in [0.1, 0.15) is 0 Å². The van der Waals surface area contributed by atoms with Gasteiger partial charge in [-0.3, -0.25) is 4.90 Å². The Hall–Kier alpha value is -0.590. The van der Waals surface area contributed by atoms with Crippen LogP contribution in [0.2, 0.25) is 0 Å². The van der Waals surface area contributed by atoms with Crippen LogP contribution in [0, 0.1) is 16.7 Å². The lowest BCUT2D eigenvalue weighted by Gasteiger charge is -2.27. The molecule has 1 aliphatic heterocycles. The predicted molar refractivity (Wildman–Crippen MR) is 76.4 cm³/mol. The van der Waals surface area contributed by atoms with Gasteiger partial charge >= 0.3 is 0 Å². The van der Waals surface area contributed by atoms with Crippen molar-refractivity contribution in [2.45, 2.75) is 52.0 Å². The van der Waals surface area contributed by atoms with Crippen LogP contribution in [0.25, 0.3) is 0 Å². The van der Waals surface area contributed by atoms with Crippen LogP contribution < -0.4 is 0 Å². The van der Waals surface area contributed by atoms with Crippen molar-refractivity contribution < 1.29 is 0 Å². The van der Waals surface area contributed by atoms with Crippen molar-refractivity contribution in [1.29, 1.82) is 5.26 Å². The summed E-state index contributed by atoms with van der Waals surface area (Å²) in [7, 11) is 4.32. The van der Waals surface area contributed by atoms with Crippen LogP contribution in [0.15, 0.2) is 0 Å². The Labute approximate surface area is 113 Å². The van der Waals surface area contributed by atoms with Crippen LogP contribution in [0.4, 0.5) is 0 Å². The van der Waals surface area contributed by atoms with Crippen molar-refractivity contribution in [3.63, 3.8) is 0 Å². The van der Waals surface area contributed by atoms with Crippen molar-refractivity contribution >= 4 is 0 Å². The molecular formula is C15H29N3. The van der Waals surface area contributed by atoms with Gasteiger partial charge in [0.15, 0.2) is 0 Å². The zero-order chi connectivity index (χ0) is 13.6. The van der Waals surface area contributed by atoms with Gasteiger partial charge in [-0.15, -0.1) is 0 Å². The van der Waals surface area contributed by atoms with E-state index in [2.05, 4.69) is 30.0 Å². The van der Waals surface area contributed by atoms with Crippen molar-refractivity contribution in [3.05, 3.63) is 0 Å². The van der Waals surface area contributed by atoms with Crippen LogP contribution >= 0.6 is 0 Å². The van der Waals surface area contributed by atoms with E-state index >= 15 is 0 Å². The van der Waals surface area contributed by atoms with E-state index < -0.39 is 0 Å². The molecule has 0 aromatic carbocycles. The summed E-state index contributed by atoms with van der Waals surface area (Å²) in [6.07, 6.45) is 6.13. The minimum atomic E-state index is -0.145. The maximum absolute atomic E-state index is 8.98. The number of hydrogen-bond donors (Lipinski definition) is 0. The van der Waals surface area contributed by atoms with Gasteiger partial charge in [-0.25, -0.2) is 0 Å². The first kappa shape index (κ1) is 15.5. The molecule has 0 aromatic rings. The van der Waals surface area contributed by atoms with Gasteiger partial charge in [-0.05, 0) is 66.7 Å². The molecule has 0 spiro atoms.